The topological polar surface area (TPSA) is 89.8 Å². The summed E-state index contributed by atoms with van der Waals surface area (Å²) in [5, 5.41) is 33.3. The molecule has 0 aromatic rings. The van der Waals surface area contributed by atoms with Crippen molar-refractivity contribution >= 4 is 5.91 Å². The van der Waals surface area contributed by atoms with Crippen molar-refractivity contribution in [2.24, 2.45) is 0 Å². The monoisotopic (exact) mass is 776 g/mol. The van der Waals surface area contributed by atoms with Crippen molar-refractivity contribution in [2.45, 2.75) is 283 Å². The summed E-state index contributed by atoms with van der Waals surface area (Å²) in [5.41, 5.74) is 0. The molecule has 0 spiro atoms. The maximum absolute atomic E-state index is 12.5. The highest BCUT2D eigenvalue weighted by atomic mass is 16.3. The van der Waals surface area contributed by atoms with Gasteiger partial charge in [0, 0.05) is 0 Å². The average molecular weight is 776 g/mol. The molecule has 0 saturated heterocycles. The largest absolute Gasteiger partial charge is 0.394 e. The lowest BCUT2D eigenvalue weighted by Crippen LogP contribution is -2.45. The molecule has 0 fully saturated rings. The Morgan fingerprint density at radius 2 is 0.764 bits per heavy atom. The molecule has 0 aromatic heterocycles. The number of carbonyl (C=O) groups excluding carboxylic acids is 1. The summed E-state index contributed by atoms with van der Waals surface area (Å²) < 4.78 is 0. The molecule has 0 bridgehead atoms. The van der Waals surface area contributed by atoms with E-state index >= 15 is 0 Å². The molecule has 4 N–H and O–H groups in total. The molecule has 0 heterocycles. The third-order valence-electron chi connectivity index (χ3n) is 11.5. The number of amides is 1. The third kappa shape index (κ3) is 42.3. The van der Waals surface area contributed by atoms with Gasteiger partial charge in [-0.3, -0.25) is 4.79 Å². The van der Waals surface area contributed by atoms with Crippen molar-refractivity contribution < 1.29 is 20.1 Å². The molecular formula is C50H97NO4. The highest BCUT2D eigenvalue weighted by Crippen LogP contribution is 2.16. The van der Waals surface area contributed by atoms with Crippen LogP contribution < -0.4 is 5.32 Å². The third-order valence-corrected chi connectivity index (χ3v) is 11.5. The van der Waals surface area contributed by atoms with Gasteiger partial charge in [0.05, 0.1) is 31.3 Å². The lowest BCUT2D eigenvalue weighted by Gasteiger charge is -2.21. The van der Waals surface area contributed by atoms with Gasteiger partial charge < -0.3 is 20.6 Å². The van der Waals surface area contributed by atoms with Crippen LogP contribution in [-0.2, 0) is 4.79 Å². The minimum absolute atomic E-state index is 0.0101. The van der Waals surface area contributed by atoms with E-state index in [1.165, 1.54) is 199 Å². The molecule has 0 aliphatic heterocycles. The van der Waals surface area contributed by atoms with Gasteiger partial charge in [0.2, 0.25) is 5.91 Å². The Balaban J connectivity index is 3.63. The summed E-state index contributed by atoms with van der Waals surface area (Å²) in [7, 11) is 0. The van der Waals surface area contributed by atoms with E-state index in [2.05, 4.69) is 31.3 Å². The van der Waals surface area contributed by atoms with Crippen LogP contribution in [0, 0.1) is 0 Å². The maximum atomic E-state index is 12.5. The zero-order valence-electron chi connectivity index (χ0n) is 37.1. The van der Waals surface area contributed by atoms with Gasteiger partial charge in [-0.2, -0.15) is 0 Å². The van der Waals surface area contributed by atoms with Crippen LogP contribution >= 0.6 is 0 Å². The van der Waals surface area contributed by atoms with Crippen molar-refractivity contribution in [1.82, 2.24) is 5.32 Å². The zero-order valence-corrected chi connectivity index (χ0v) is 37.1. The zero-order chi connectivity index (χ0) is 40.1. The number of nitrogens with one attached hydrogen (secondary N) is 1. The van der Waals surface area contributed by atoms with Crippen molar-refractivity contribution in [3.63, 3.8) is 0 Å². The van der Waals surface area contributed by atoms with Crippen molar-refractivity contribution in [3.8, 4) is 0 Å². The van der Waals surface area contributed by atoms with E-state index in [4.69, 9.17) is 0 Å². The summed E-state index contributed by atoms with van der Waals surface area (Å²) in [6.45, 7) is 4.23. The Labute approximate surface area is 343 Å². The van der Waals surface area contributed by atoms with Gasteiger partial charge in [-0.25, -0.2) is 0 Å². The van der Waals surface area contributed by atoms with Crippen LogP contribution in [0.2, 0.25) is 0 Å². The fourth-order valence-electron chi connectivity index (χ4n) is 7.69. The predicted molar refractivity (Wildman–Crippen MR) is 241 cm³/mol. The second-order valence-corrected chi connectivity index (χ2v) is 17.1. The average Bonchev–Trinajstić information content (AvgIpc) is 3.18. The molecule has 3 unspecified atom stereocenters. The summed E-state index contributed by atoms with van der Waals surface area (Å²) in [4.78, 5) is 12.5. The number of allylic oxidation sites excluding steroid dienone is 3. The maximum Gasteiger partial charge on any atom is 0.222 e. The van der Waals surface area contributed by atoms with Crippen molar-refractivity contribution in [1.29, 1.82) is 0 Å². The molecule has 0 saturated carbocycles. The summed E-state index contributed by atoms with van der Waals surface area (Å²) in [6, 6.07) is -0.745. The lowest BCUT2D eigenvalue weighted by molar-refractivity contribution is -0.124. The second kappa shape index (κ2) is 45.5. The number of rotatable bonds is 45. The Kier molecular flexibility index (Phi) is 44.6. The van der Waals surface area contributed by atoms with Crippen LogP contribution in [0.4, 0.5) is 0 Å². The van der Waals surface area contributed by atoms with E-state index in [0.29, 0.717) is 6.42 Å². The van der Waals surface area contributed by atoms with E-state index < -0.39 is 18.2 Å². The highest BCUT2D eigenvalue weighted by Gasteiger charge is 2.20. The molecule has 55 heavy (non-hydrogen) atoms. The van der Waals surface area contributed by atoms with Gasteiger partial charge in [0.25, 0.3) is 0 Å². The molecule has 0 aliphatic carbocycles. The molecule has 1 amide bonds. The number of aliphatic hydroxyl groups excluding tert-OH is 3. The van der Waals surface area contributed by atoms with Crippen LogP contribution in [0.5, 0.6) is 0 Å². The first kappa shape index (κ1) is 53.8. The van der Waals surface area contributed by atoms with Crippen LogP contribution in [0.1, 0.15) is 264 Å². The summed E-state index contributed by atoms with van der Waals surface area (Å²) in [5.74, 6) is -0.317. The number of hydrogen-bond donors (Lipinski definition) is 4. The van der Waals surface area contributed by atoms with Gasteiger partial charge in [0.15, 0.2) is 0 Å². The number of aliphatic hydroxyl groups is 3. The standard InChI is InChI=1S/C50H97NO4/c1-3-5-7-9-11-13-15-17-19-21-23-24-26-27-29-31-33-35-37-39-41-43-47(53)45-50(55)51-48(46-52)49(54)44-42-40-38-36-34-32-30-28-25-22-20-18-16-14-12-10-8-6-4-2/h27,29,42,44,47-49,52-54H,3-26,28,30-41,43,45-46H2,1-2H3,(H,51,55)/b29-27-,44-42+. The van der Waals surface area contributed by atoms with E-state index in [-0.39, 0.29) is 18.9 Å². The molecule has 3 atom stereocenters. The number of hydrogen-bond acceptors (Lipinski definition) is 4. The molecule has 0 radical (unpaired) electrons. The SMILES string of the molecule is CCCCCCCCCCCCCC/C=C\CCCCCCCC(O)CC(=O)NC(CO)C(O)/C=C/CCCCCCCCCCCCCCCCCCC. The smallest absolute Gasteiger partial charge is 0.222 e. The normalized spacial score (nSPS) is 13.6. The first-order valence-corrected chi connectivity index (χ1v) is 24.6. The molecule has 326 valence electrons. The predicted octanol–water partition coefficient (Wildman–Crippen LogP) is 14.6. The van der Waals surface area contributed by atoms with Gasteiger partial charge >= 0.3 is 0 Å². The van der Waals surface area contributed by atoms with Gasteiger partial charge in [0.1, 0.15) is 0 Å². The second-order valence-electron chi connectivity index (χ2n) is 17.1. The first-order valence-electron chi connectivity index (χ1n) is 24.6. The van der Waals surface area contributed by atoms with Gasteiger partial charge in [-0.1, -0.05) is 237 Å². The Bertz CT molecular complexity index is 814. The summed E-state index contributed by atoms with van der Waals surface area (Å²) >= 11 is 0. The molecule has 0 rings (SSSR count). The Morgan fingerprint density at radius 1 is 0.455 bits per heavy atom. The van der Waals surface area contributed by atoms with Crippen LogP contribution in [0.3, 0.4) is 0 Å². The highest BCUT2D eigenvalue weighted by molar-refractivity contribution is 5.76. The van der Waals surface area contributed by atoms with Crippen LogP contribution in [-0.4, -0.2) is 46.1 Å². The Morgan fingerprint density at radius 3 is 1.11 bits per heavy atom. The van der Waals surface area contributed by atoms with Crippen molar-refractivity contribution in [3.05, 3.63) is 24.3 Å². The molecular weight excluding hydrogens is 679 g/mol. The molecule has 5 heteroatoms. The minimum Gasteiger partial charge on any atom is -0.394 e. The summed E-state index contributed by atoms with van der Waals surface area (Å²) in [6.07, 6.45) is 56.2. The van der Waals surface area contributed by atoms with Gasteiger partial charge in [-0.05, 0) is 44.9 Å². The number of unbranched alkanes of at least 4 members (excludes halogenated alkanes) is 34. The molecule has 0 aromatic carbocycles. The molecule has 0 aliphatic rings. The van der Waals surface area contributed by atoms with E-state index in [0.717, 1.165) is 38.5 Å². The van der Waals surface area contributed by atoms with Crippen LogP contribution in [0.15, 0.2) is 24.3 Å². The van der Waals surface area contributed by atoms with Crippen molar-refractivity contribution in [2.75, 3.05) is 6.61 Å². The first-order chi connectivity index (χ1) is 27.0. The van der Waals surface area contributed by atoms with E-state index in [1.54, 1.807) is 6.08 Å². The molecule has 5 nitrogen and oxygen atoms in total. The van der Waals surface area contributed by atoms with E-state index in [1.807, 2.05) is 6.08 Å². The fourth-order valence-corrected chi connectivity index (χ4v) is 7.69. The number of carbonyl (C=O) groups is 1. The van der Waals surface area contributed by atoms with Crippen LogP contribution in [0.25, 0.3) is 0 Å². The minimum atomic E-state index is -0.930. The Hall–Kier alpha value is -1.17. The lowest BCUT2D eigenvalue weighted by atomic mass is 10.0. The van der Waals surface area contributed by atoms with Gasteiger partial charge in [-0.15, -0.1) is 0 Å². The quantitative estimate of drug-likeness (QED) is 0.0366. The van der Waals surface area contributed by atoms with E-state index in [9.17, 15) is 20.1 Å². The fraction of sp³-hybridized carbons (Fsp3) is 0.900.